The summed E-state index contributed by atoms with van der Waals surface area (Å²) >= 11 is 0. The standard InChI is InChI=1S/C28H34F2N4O.ClH/c1-3-13-34-21(2)24(20-27(34)22-8-5-4-6-9-22)28(35)31-12-7-14-32-15-17-33(18-16-32)26-11-10-23(29)19-25(26)30;/h4-6,8-11,19-20H,3,7,12-18H2,1-2H3,(H,31,35);1H. The number of halogens is 3. The van der Waals surface area contributed by atoms with Crippen LogP contribution in [-0.4, -0.2) is 54.6 Å². The Hall–Kier alpha value is -2.90. The Kier molecular flexibility index (Phi) is 9.90. The Labute approximate surface area is 218 Å². The van der Waals surface area contributed by atoms with Gasteiger partial charge in [-0.15, -0.1) is 12.4 Å². The van der Waals surface area contributed by atoms with E-state index in [1.165, 1.54) is 12.1 Å². The number of hydrogen-bond acceptors (Lipinski definition) is 3. The lowest BCUT2D eigenvalue weighted by molar-refractivity contribution is 0.0950. The van der Waals surface area contributed by atoms with E-state index in [2.05, 4.69) is 33.8 Å². The molecule has 1 amide bonds. The van der Waals surface area contributed by atoms with Crippen molar-refractivity contribution in [3.8, 4) is 11.3 Å². The zero-order valence-electron chi connectivity index (χ0n) is 21.0. The molecule has 2 aromatic carbocycles. The van der Waals surface area contributed by atoms with E-state index in [0.717, 1.165) is 67.6 Å². The maximum atomic E-state index is 14.1. The third kappa shape index (κ3) is 6.45. The number of aromatic nitrogens is 1. The number of nitrogens with one attached hydrogen (secondary N) is 1. The van der Waals surface area contributed by atoms with Gasteiger partial charge in [0.1, 0.15) is 11.6 Å². The normalized spacial score (nSPS) is 13.9. The molecular weight excluding hydrogens is 482 g/mol. The van der Waals surface area contributed by atoms with Gasteiger partial charge in [-0.05, 0) is 50.1 Å². The van der Waals surface area contributed by atoms with Gasteiger partial charge in [0, 0.05) is 56.7 Å². The molecule has 0 radical (unpaired) electrons. The summed E-state index contributed by atoms with van der Waals surface area (Å²) in [6.45, 7) is 9.51. The van der Waals surface area contributed by atoms with E-state index in [1.807, 2.05) is 36.1 Å². The number of carbonyl (C=O) groups is 1. The zero-order chi connectivity index (χ0) is 24.8. The summed E-state index contributed by atoms with van der Waals surface area (Å²) in [6, 6.07) is 15.9. The predicted octanol–water partition coefficient (Wildman–Crippen LogP) is 5.52. The van der Waals surface area contributed by atoms with E-state index in [0.29, 0.717) is 25.3 Å². The van der Waals surface area contributed by atoms with Gasteiger partial charge in [-0.1, -0.05) is 37.3 Å². The number of carbonyl (C=O) groups excluding carboxylic acids is 1. The van der Waals surface area contributed by atoms with Crippen LogP contribution in [0, 0.1) is 18.6 Å². The van der Waals surface area contributed by atoms with Crippen LogP contribution in [-0.2, 0) is 6.54 Å². The second-order valence-electron chi connectivity index (χ2n) is 9.08. The monoisotopic (exact) mass is 516 g/mol. The summed E-state index contributed by atoms with van der Waals surface area (Å²) in [5.41, 5.74) is 4.37. The van der Waals surface area contributed by atoms with Gasteiger partial charge in [0.05, 0.1) is 11.3 Å². The lowest BCUT2D eigenvalue weighted by atomic mass is 10.1. The minimum Gasteiger partial charge on any atom is -0.367 e. The molecule has 1 N–H and O–H groups in total. The van der Waals surface area contributed by atoms with E-state index >= 15 is 0 Å². The van der Waals surface area contributed by atoms with Gasteiger partial charge in [0.15, 0.2) is 0 Å². The van der Waals surface area contributed by atoms with E-state index in [1.54, 1.807) is 0 Å². The van der Waals surface area contributed by atoms with Gasteiger partial charge >= 0.3 is 0 Å². The molecule has 194 valence electrons. The van der Waals surface area contributed by atoms with Crippen LogP contribution >= 0.6 is 12.4 Å². The number of piperazine rings is 1. The maximum absolute atomic E-state index is 14.1. The van der Waals surface area contributed by atoms with Crippen molar-refractivity contribution in [3.63, 3.8) is 0 Å². The highest BCUT2D eigenvalue weighted by Gasteiger charge is 2.20. The zero-order valence-corrected chi connectivity index (χ0v) is 21.8. The molecule has 4 rings (SSSR count). The van der Waals surface area contributed by atoms with Crippen molar-refractivity contribution in [1.82, 2.24) is 14.8 Å². The Morgan fingerprint density at radius 1 is 0.972 bits per heavy atom. The first kappa shape index (κ1) is 27.7. The average Bonchev–Trinajstić information content (AvgIpc) is 3.19. The van der Waals surface area contributed by atoms with Crippen molar-refractivity contribution in [2.45, 2.75) is 33.2 Å². The molecule has 1 saturated heterocycles. The van der Waals surface area contributed by atoms with Crippen LogP contribution in [0.4, 0.5) is 14.5 Å². The van der Waals surface area contributed by atoms with Crippen molar-refractivity contribution < 1.29 is 13.6 Å². The summed E-state index contributed by atoms with van der Waals surface area (Å²) in [5.74, 6) is -1.11. The van der Waals surface area contributed by atoms with Crippen LogP contribution in [0.1, 0.15) is 35.8 Å². The van der Waals surface area contributed by atoms with E-state index in [4.69, 9.17) is 0 Å². The summed E-state index contributed by atoms with van der Waals surface area (Å²) in [7, 11) is 0. The Bertz CT molecular complexity index is 1140. The van der Waals surface area contributed by atoms with E-state index in [-0.39, 0.29) is 18.3 Å². The molecular formula is C28H35ClF2N4O. The number of hydrogen-bond donors (Lipinski definition) is 1. The largest absolute Gasteiger partial charge is 0.367 e. The molecule has 1 aliphatic rings. The molecule has 0 spiro atoms. The minimum absolute atomic E-state index is 0. The molecule has 5 nitrogen and oxygen atoms in total. The first-order valence-corrected chi connectivity index (χ1v) is 12.4. The second-order valence-corrected chi connectivity index (χ2v) is 9.08. The molecule has 0 saturated carbocycles. The van der Waals surface area contributed by atoms with Crippen molar-refractivity contribution in [3.05, 3.63) is 77.5 Å². The van der Waals surface area contributed by atoms with Gasteiger partial charge in [-0.3, -0.25) is 9.69 Å². The summed E-state index contributed by atoms with van der Waals surface area (Å²) < 4.78 is 29.5. The fourth-order valence-electron chi connectivity index (χ4n) is 4.78. The number of rotatable bonds is 9. The highest BCUT2D eigenvalue weighted by Crippen LogP contribution is 2.26. The molecule has 0 aliphatic carbocycles. The molecule has 0 bridgehead atoms. The summed E-state index contributed by atoms with van der Waals surface area (Å²) in [6.07, 6.45) is 1.84. The van der Waals surface area contributed by atoms with Crippen LogP contribution in [0.3, 0.4) is 0 Å². The van der Waals surface area contributed by atoms with Crippen molar-refractivity contribution in [1.29, 1.82) is 0 Å². The number of anilines is 1. The average molecular weight is 517 g/mol. The third-order valence-electron chi connectivity index (χ3n) is 6.69. The molecule has 1 fully saturated rings. The first-order valence-electron chi connectivity index (χ1n) is 12.4. The predicted molar refractivity (Wildman–Crippen MR) is 144 cm³/mol. The molecule has 1 aliphatic heterocycles. The molecule has 3 aromatic rings. The van der Waals surface area contributed by atoms with Crippen LogP contribution in [0.5, 0.6) is 0 Å². The van der Waals surface area contributed by atoms with E-state index < -0.39 is 11.6 Å². The van der Waals surface area contributed by atoms with Crippen LogP contribution < -0.4 is 10.2 Å². The lowest BCUT2D eigenvalue weighted by Gasteiger charge is -2.36. The quantitative estimate of drug-likeness (QED) is 0.381. The summed E-state index contributed by atoms with van der Waals surface area (Å²) in [4.78, 5) is 17.2. The van der Waals surface area contributed by atoms with Crippen molar-refractivity contribution >= 4 is 24.0 Å². The molecule has 0 atom stereocenters. The topological polar surface area (TPSA) is 40.5 Å². The van der Waals surface area contributed by atoms with Crippen molar-refractivity contribution in [2.75, 3.05) is 44.2 Å². The van der Waals surface area contributed by atoms with E-state index in [9.17, 15) is 13.6 Å². The van der Waals surface area contributed by atoms with Gasteiger partial charge in [-0.25, -0.2) is 8.78 Å². The van der Waals surface area contributed by atoms with Crippen molar-refractivity contribution in [2.24, 2.45) is 0 Å². The van der Waals surface area contributed by atoms with Gasteiger partial charge < -0.3 is 14.8 Å². The van der Waals surface area contributed by atoms with Crippen LogP contribution in [0.25, 0.3) is 11.3 Å². The summed E-state index contributed by atoms with van der Waals surface area (Å²) in [5, 5.41) is 3.09. The molecule has 36 heavy (non-hydrogen) atoms. The number of benzene rings is 2. The fraction of sp³-hybridized carbons (Fsp3) is 0.393. The Morgan fingerprint density at radius 2 is 1.69 bits per heavy atom. The highest BCUT2D eigenvalue weighted by atomic mass is 35.5. The SMILES string of the molecule is CCCn1c(-c2ccccc2)cc(C(=O)NCCCN2CCN(c3ccc(F)cc3F)CC2)c1C.Cl. The lowest BCUT2D eigenvalue weighted by Crippen LogP contribution is -2.47. The maximum Gasteiger partial charge on any atom is 0.253 e. The van der Waals surface area contributed by atoms with Crippen LogP contribution in [0.2, 0.25) is 0 Å². The molecule has 2 heterocycles. The minimum atomic E-state index is -0.555. The number of nitrogens with zero attached hydrogens (tertiary/aromatic N) is 3. The van der Waals surface area contributed by atoms with Gasteiger partial charge in [0.2, 0.25) is 0 Å². The van der Waals surface area contributed by atoms with Crippen LogP contribution in [0.15, 0.2) is 54.6 Å². The molecule has 0 unspecified atom stereocenters. The highest BCUT2D eigenvalue weighted by molar-refractivity contribution is 5.97. The Balaban J connectivity index is 0.00000361. The third-order valence-corrected chi connectivity index (χ3v) is 6.69. The Morgan fingerprint density at radius 3 is 2.36 bits per heavy atom. The first-order chi connectivity index (χ1) is 17.0. The molecule has 1 aromatic heterocycles. The smallest absolute Gasteiger partial charge is 0.253 e. The van der Waals surface area contributed by atoms with Gasteiger partial charge in [0.25, 0.3) is 5.91 Å². The fourth-order valence-corrected chi connectivity index (χ4v) is 4.78. The van der Waals surface area contributed by atoms with Gasteiger partial charge in [-0.2, -0.15) is 0 Å². The molecule has 8 heteroatoms. The second kappa shape index (κ2) is 12.9. The number of amides is 1.